The molecule has 0 saturated heterocycles. The summed E-state index contributed by atoms with van der Waals surface area (Å²) in [5.74, 6) is -1.02. The fraction of sp³-hybridized carbons (Fsp3) is 0. The summed E-state index contributed by atoms with van der Waals surface area (Å²) in [6.45, 7) is 0. The molecule has 1 N–H and O–H groups in total. The van der Waals surface area contributed by atoms with E-state index in [0.29, 0.717) is 10.0 Å². The number of nitrogens with zero attached hydrogens (tertiary/aromatic N) is 2. The van der Waals surface area contributed by atoms with Gasteiger partial charge in [-0.2, -0.15) is 0 Å². The maximum Gasteiger partial charge on any atom is 0.355 e. The van der Waals surface area contributed by atoms with Gasteiger partial charge in [0.05, 0.1) is 20.1 Å². The van der Waals surface area contributed by atoms with E-state index < -0.39 is 5.97 Å². The number of aromatic carboxylic acids is 1. The predicted molar refractivity (Wildman–Crippen MR) is 72.7 cm³/mol. The Morgan fingerprint density at radius 2 is 2.28 bits per heavy atom. The van der Waals surface area contributed by atoms with Gasteiger partial charge in [-0.25, -0.2) is 9.78 Å². The van der Waals surface area contributed by atoms with Gasteiger partial charge in [0.25, 0.3) is 0 Å². The second kappa shape index (κ2) is 4.31. The van der Waals surface area contributed by atoms with Gasteiger partial charge in [0.1, 0.15) is 5.01 Å². The molecule has 4 nitrogen and oxygen atoms in total. The molecule has 7 heteroatoms. The van der Waals surface area contributed by atoms with Gasteiger partial charge in [0.15, 0.2) is 5.69 Å². The minimum Gasteiger partial charge on any atom is -0.476 e. The van der Waals surface area contributed by atoms with Crippen LogP contribution < -0.4 is 0 Å². The summed E-state index contributed by atoms with van der Waals surface area (Å²) in [5, 5.41) is 11.7. The molecular weight excluding hydrogens is 292 g/mol. The van der Waals surface area contributed by atoms with E-state index in [-0.39, 0.29) is 5.69 Å². The molecule has 3 aromatic rings. The van der Waals surface area contributed by atoms with Crippen LogP contribution in [0.4, 0.5) is 0 Å². The summed E-state index contributed by atoms with van der Waals surface area (Å²) in [4.78, 5) is 19.9. The largest absolute Gasteiger partial charge is 0.476 e. The van der Waals surface area contributed by atoms with E-state index >= 15 is 0 Å². The van der Waals surface area contributed by atoms with E-state index in [1.54, 1.807) is 12.3 Å². The monoisotopic (exact) mass is 296 g/mol. The molecule has 90 valence electrons. The summed E-state index contributed by atoms with van der Waals surface area (Å²) < 4.78 is 0.890. The SMILES string of the molecule is O=C(O)c1csc(-c2cc3nccc(Cl)c3s2)n1. The normalized spacial score (nSPS) is 10.9. The Morgan fingerprint density at radius 1 is 1.44 bits per heavy atom. The van der Waals surface area contributed by atoms with Gasteiger partial charge < -0.3 is 5.11 Å². The molecule has 18 heavy (non-hydrogen) atoms. The second-order valence-corrected chi connectivity index (χ2v) is 5.78. The highest BCUT2D eigenvalue weighted by Gasteiger charge is 2.13. The maximum atomic E-state index is 10.8. The van der Waals surface area contributed by atoms with Crippen molar-refractivity contribution in [2.45, 2.75) is 0 Å². The standard InChI is InChI=1S/C11H5ClN2O2S2/c12-5-1-2-13-6-3-8(18-9(5)6)10-14-7(4-17-10)11(15)16/h1-4H,(H,15,16). The number of thiazole rings is 1. The highest BCUT2D eigenvalue weighted by molar-refractivity contribution is 7.25. The van der Waals surface area contributed by atoms with Crippen LogP contribution in [0.5, 0.6) is 0 Å². The maximum absolute atomic E-state index is 10.8. The van der Waals surface area contributed by atoms with Crippen LogP contribution in [0, 0.1) is 0 Å². The lowest BCUT2D eigenvalue weighted by Crippen LogP contribution is -1.95. The highest BCUT2D eigenvalue weighted by Crippen LogP contribution is 2.37. The van der Waals surface area contributed by atoms with Crippen molar-refractivity contribution in [3.63, 3.8) is 0 Å². The molecule has 0 atom stereocenters. The third-order valence-electron chi connectivity index (χ3n) is 2.30. The van der Waals surface area contributed by atoms with E-state index in [0.717, 1.165) is 15.1 Å². The van der Waals surface area contributed by atoms with Gasteiger partial charge in [0.2, 0.25) is 0 Å². The molecule has 0 unspecified atom stereocenters. The Balaban J connectivity index is 2.13. The van der Waals surface area contributed by atoms with Crippen LogP contribution in [0.25, 0.3) is 20.1 Å². The molecule has 0 saturated carbocycles. The first-order valence-electron chi connectivity index (χ1n) is 4.88. The molecule has 0 aromatic carbocycles. The molecular formula is C11H5ClN2O2S2. The van der Waals surface area contributed by atoms with Crippen LogP contribution in [0.3, 0.4) is 0 Å². The molecule has 0 bridgehead atoms. The molecule has 0 radical (unpaired) electrons. The molecule has 0 amide bonds. The van der Waals surface area contributed by atoms with E-state index in [9.17, 15) is 4.79 Å². The summed E-state index contributed by atoms with van der Waals surface area (Å²) in [5.41, 5.74) is 0.862. The Labute approximate surface area is 115 Å². The van der Waals surface area contributed by atoms with Crippen molar-refractivity contribution in [3.05, 3.63) is 34.4 Å². The number of aromatic nitrogens is 2. The first-order valence-corrected chi connectivity index (χ1v) is 6.96. The zero-order valence-electron chi connectivity index (χ0n) is 8.75. The van der Waals surface area contributed by atoms with Crippen LogP contribution >= 0.6 is 34.3 Å². The molecule has 0 aliphatic heterocycles. The van der Waals surface area contributed by atoms with Crippen LogP contribution in [-0.4, -0.2) is 21.0 Å². The van der Waals surface area contributed by atoms with Crippen molar-refractivity contribution in [1.82, 2.24) is 9.97 Å². The number of hydrogen-bond donors (Lipinski definition) is 1. The Kier molecular flexibility index (Phi) is 2.77. The van der Waals surface area contributed by atoms with Gasteiger partial charge in [-0.1, -0.05) is 11.6 Å². The zero-order valence-corrected chi connectivity index (χ0v) is 11.1. The number of hydrogen-bond acceptors (Lipinski definition) is 5. The average Bonchev–Trinajstić information content (AvgIpc) is 2.95. The second-order valence-electron chi connectivity index (χ2n) is 3.46. The third kappa shape index (κ3) is 1.88. The lowest BCUT2D eigenvalue weighted by Gasteiger charge is -1.88. The topological polar surface area (TPSA) is 63.1 Å². The van der Waals surface area contributed by atoms with Gasteiger partial charge >= 0.3 is 5.97 Å². The van der Waals surface area contributed by atoms with Gasteiger partial charge in [0, 0.05) is 11.6 Å². The van der Waals surface area contributed by atoms with Crippen molar-refractivity contribution >= 4 is 50.5 Å². The number of rotatable bonds is 2. The van der Waals surface area contributed by atoms with Gasteiger partial charge in [-0.05, 0) is 12.1 Å². The quantitative estimate of drug-likeness (QED) is 0.782. The number of carbonyl (C=O) groups is 1. The average molecular weight is 297 g/mol. The zero-order chi connectivity index (χ0) is 12.7. The lowest BCUT2D eigenvalue weighted by atomic mass is 10.4. The number of pyridine rings is 1. The highest BCUT2D eigenvalue weighted by atomic mass is 35.5. The van der Waals surface area contributed by atoms with Crippen molar-refractivity contribution in [1.29, 1.82) is 0 Å². The first-order chi connectivity index (χ1) is 8.65. The molecule has 0 fully saturated rings. The molecule has 0 aliphatic rings. The van der Waals surface area contributed by atoms with Gasteiger partial charge in [-0.3, -0.25) is 4.98 Å². The van der Waals surface area contributed by atoms with E-state index in [2.05, 4.69) is 9.97 Å². The van der Waals surface area contributed by atoms with Crippen molar-refractivity contribution in [2.24, 2.45) is 0 Å². The van der Waals surface area contributed by atoms with E-state index in [1.807, 2.05) is 6.07 Å². The summed E-state index contributed by atoms with van der Waals surface area (Å²) in [6.07, 6.45) is 1.64. The summed E-state index contributed by atoms with van der Waals surface area (Å²) in [7, 11) is 0. The molecule has 0 spiro atoms. The fourth-order valence-corrected chi connectivity index (χ4v) is 3.64. The lowest BCUT2D eigenvalue weighted by molar-refractivity contribution is 0.0691. The van der Waals surface area contributed by atoms with Crippen LogP contribution in [0.15, 0.2) is 23.7 Å². The first kappa shape index (κ1) is 11.6. The minimum atomic E-state index is -1.02. The summed E-state index contributed by atoms with van der Waals surface area (Å²) in [6, 6.07) is 3.60. The van der Waals surface area contributed by atoms with E-state index in [1.165, 1.54) is 28.1 Å². The number of thiophene rings is 1. The number of carboxylic acids is 1. The van der Waals surface area contributed by atoms with Crippen molar-refractivity contribution in [2.75, 3.05) is 0 Å². The van der Waals surface area contributed by atoms with Crippen LogP contribution in [0.1, 0.15) is 10.5 Å². The fourth-order valence-electron chi connectivity index (χ4n) is 1.50. The van der Waals surface area contributed by atoms with E-state index in [4.69, 9.17) is 16.7 Å². The summed E-state index contributed by atoms with van der Waals surface area (Å²) >= 11 is 8.84. The third-order valence-corrected chi connectivity index (χ3v) is 4.89. The number of fused-ring (bicyclic) bond motifs is 1. The molecule has 0 aliphatic carbocycles. The molecule has 3 heterocycles. The number of carboxylic acid groups (broad SMARTS) is 1. The number of halogens is 1. The smallest absolute Gasteiger partial charge is 0.355 e. The molecule has 3 aromatic heterocycles. The Bertz CT molecular complexity index is 750. The molecule has 3 rings (SSSR count). The Hall–Kier alpha value is -1.50. The van der Waals surface area contributed by atoms with Crippen LogP contribution in [-0.2, 0) is 0 Å². The predicted octanol–water partition coefficient (Wildman–Crippen LogP) is 3.77. The van der Waals surface area contributed by atoms with Crippen LogP contribution in [0.2, 0.25) is 5.02 Å². The minimum absolute atomic E-state index is 0.0616. The van der Waals surface area contributed by atoms with Crippen molar-refractivity contribution in [3.8, 4) is 9.88 Å². The van der Waals surface area contributed by atoms with Crippen molar-refractivity contribution < 1.29 is 9.90 Å². The Morgan fingerprint density at radius 3 is 2.94 bits per heavy atom. The van der Waals surface area contributed by atoms with Gasteiger partial charge in [-0.15, -0.1) is 22.7 Å².